The van der Waals surface area contributed by atoms with Crippen LogP contribution in [0.4, 0.5) is 0 Å². The molecule has 0 amide bonds. The number of aryl methyl sites for hydroxylation is 2. The summed E-state index contributed by atoms with van der Waals surface area (Å²) in [4.78, 5) is 16.9. The number of likely N-dealkylation sites (tertiary alicyclic amines) is 6. The van der Waals surface area contributed by atoms with E-state index in [-0.39, 0.29) is 22.5 Å². The van der Waals surface area contributed by atoms with Gasteiger partial charge in [-0.2, -0.15) is 0 Å². The molecule has 0 aliphatic carbocycles. The number of benzene rings is 8. The summed E-state index contributed by atoms with van der Waals surface area (Å²) in [5, 5.41) is 21.1. The van der Waals surface area contributed by atoms with E-state index in [2.05, 4.69) is 139 Å². The van der Waals surface area contributed by atoms with E-state index in [1.807, 2.05) is 72.8 Å². The van der Waals surface area contributed by atoms with E-state index in [9.17, 15) is 60.7 Å². The van der Waals surface area contributed by atoms with Crippen molar-refractivity contribution in [3.05, 3.63) is 250 Å². The number of rotatable bonds is 33. The molecule has 8 aromatic rings. The predicted octanol–water partition coefficient (Wildman–Crippen LogP) is 18.6. The van der Waals surface area contributed by atoms with E-state index in [4.69, 9.17) is 0 Å². The molecule has 2 N–H and O–H groups in total. The highest BCUT2D eigenvalue weighted by atomic mass is 32.2. The normalized spacial score (nSPS) is 19.4. The van der Waals surface area contributed by atoms with Crippen LogP contribution in [0.2, 0.25) is 0 Å². The molecule has 0 spiro atoms. The summed E-state index contributed by atoms with van der Waals surface area (Å²) < 4.78 is 144. The van der Waals surface area contributed by atoms with E-state index in [0.29, 0.717) is 67.5 Å². The van der Waals surface area contributed by atoms with E-state index >= 15 is 0 Å². The third kappa shape index (κ3) is 34.0. The number of nitrogens with zero attached hydrogens (tertiary/aromatic N) is 6. The largest absolute Gasteiger partial charge is 0.391 e. The lowest BCUT2D eigenvalue weighted by Gasteiger charge is -2.38. The van der Waals surface area contributed by atoms with Crippen molar-refractivity contribution in [2.45, 2.75) is 253 Å². The maximum Gasteiger partial charge on any atom is 0.178 e. The summed E-state index contributed by atoms with van der Waals surface area (Å²) in [6, 6.07) is 61.4. The molecule has 6 saturated heterocycles. The first-order valence-corrected chi connectivity index (χ1v) is 60.4. The molecule has 4 atom stereocenters. The smallest absolute Gasteiger partial charge is 0.178 e. The molecular weight excluding hydrogens is 1800 g/mol. The lowest BCUT2D eigenvalue weighted by atomic mass is 9.84. The predicted molar refractivity (Wildman–Crippen MR) is 547 cm³/mol. The fraction of sp³-hybridized carbons (Fsp3) is 0.556. The van der Waals surface area contributed by atoms with Gasteiger partial charge in [-0.1, -0.05) is 174 Å². The molecule has 134 heavy (non-hydrogen) atoms. The molecule has 0 saturated carbocycles. The third-order valence-electron chi connectivity index (χ3n) is 28.2. The SMILES string of the molecule is CCCC(C)CN1CCC(c2cccc(S(C)(=O)=O)c2)CC1.CCCN1CCC(O)(c2cccc(S(C)(=O)=O)c2)CC1.CCCN1CCC(c2cccc(CCCCCS(=O)(=O)c3cccc(C4CCN(C)CC4)c3)c2)CC1.CCCN1CC[C@@H](c2cccc(S(C)(=O)=O)c2)[C@@H](O)C1.Cc1cccc(C(CCN2CCC(c3cccc(S(C)(=O)=O)c3)CC2)c2cccc(S(C)(=O)=O)c2)c1. The molecule has 14 rings (SSSR count). The van der Waals surface area contributed by atoms with Crippen molar-refractivity contribution in [3.8, 4) is 0 Å². The Morgan fingerprint density at radius 1 is 0.373 bits per heavy atom. The summed E-state index contributed by atoms with van der Waals surface area (Å²) in [5.41, 5.74) is 10.5. The Kier molecular flexibility index (Phi) is 41.8. The Balaban J connectivity index is 0.000000178. The van der Waals surface area contributed by atoms with Crippen LogP contribution in [-0.4, -0.2) is 252 Å². The Morgan fingerprint density at radius 2 is 0.754 bits per heavy atom. The van der Waals surface area contributed by atoms with E-state index in [1.165, 1.54) is 123 Å². The fourth-order valence-corrected chi connectivity index (χ4v) is 25.1. The Morgan fingerprint density at radius 3 is 1.23 bits per heavy atom. The van der Waals surface area contributed by atoms with Crippen molar-refractivity contribution in [1.29, 1.82) is 0 Å². The average molecular weight is 1950 g/mol. The van der Waals surface area contributed by atoms with Crippen LogP contribution in [-0.2, 0) is 71.0 Å². The zero-order chi connectivity index (χ0) is 97.0. The van der Waals surface area contributed by atoms with Gasteiger partial charge in [-0.15, -0.1) is 0 Å². The minimum absolute atomic E-state index is 0.0322. The highest BCUT2D eigenvalue weighted by molar-refractivity contribution is 7.92. The van der Waals surface area contributed by atoms with Crippen LogP contribution in [0, 0.1) is 12.8 Å². The van der Waals surface area contributed by atoms with Crippen molar-refractivity contribution in [2.75, 3.05) is 155 Å². The van der Waals surface area contributed by atoms with Crippen molar-refractivity contribution < 1.29 is 60.7 Å². The second-order valence-corrected chi connectivity index (χ2v) is 51.5. The number of sulfone groups is 6. The zero-order valence-electron chi connectivity index (χ0n) is 82.1. The van der Waals surface area contributed by atoms with Gasteiger partial charge in [0.1, 0.15) is 0 Å². The van der Waals surface area contributed by atoms with Gasteiger partial charge in [0.2, 0.25) is 0 Å². The molecule has 6 heterocycles. The quantitative estimate of drug-likeness (QED) is 0.0362. The van der Waals surface area contributed by atoms with Gasteiger partial charge < -0.3 is 39.6 Å². The number of unbranched alkanes of at least 4 members (excludes halogenated alkanes) is 2. The van der Waals surface area contributed by atoms with Crippen LogP contribution in [0.1, 0.15) is 254 Å². The average Bonchev–Trinajstić information content (AvgIpc) is 0.790. The van der Waals surface area contributed by atoms with Crippen LogP contribution in [0.3, 0.4) is 0 Å². The Labute approximate surface area is 807 Å². The van der Waals surface area contributed by atoms with Gasteiger partial charge >= 0.3 is 0 Å². The third-order valence-corrected chi connectivity index (χ3v) is 35.5. The van der Waals surface area contributed by atoms with Crippen molar-refractivity contribution in [2.24, 2.45) is 5.92 Å². The second kappa shape index (κ2) is 51.3. The summed E-state index contributed by atoms with van der Waals surface area (Å²) in [6.07, 6.45) is 27.6. The van der Waals surface area contributed by atoms with Crippen LogP contribution >= 0.6 is 0 Å². The summed E-state index contributed by atoms with van der Waals surface area (Å²) in [7, 11) is -17.1. The molecule has 6 fully saturated rings. The molecule has 8 aromatic carbocycles. The second-order valence-electron chi connectivity index (χ2n) is 39.3. The lowest BCUT2D eigenvalue weighted by Crippen LogP contribution is -2.43. The van der Waals surface area contributed by atoms with Crippen LogP contribution in [0.5, 0.6) is 0 Å². The number of piperidine rings is 6. The molecule has 0 radical (unpaired) electrons. The Hall–Kier alpha value is -6.86. The fourth-order valence-electron chi connectivity index (χ4n) is 20.3. The van der Waals surface area contributed by atoms with Gasteiger partial charge in [-0.05, 0) is 374 Å². The summed E-state index contributed by atoms with van der Waals surface area (Å²) in [6.45, 7) is 30.7. The number of aliphatic hydroxyl groups excluding tert-OH is 1. The molecule has 0 bridgehead atoms. The summed E-state index contributed by atoms with van der Waals surface area (Å²) >= 11 is 0. The molecule has 20 nitrogen and oxygen atoms in total. The van der Waals surface area contributed by atoms with Gasteiger partial charge in [-0.25, -0.2) is 50.5 Å². The van der Waals surface area contributed by atoms with Crippen LogP contribution < -0.4 is 0 Å². The monoisotopic (exact) mass is 1950 g/mol. The zero-order valence-corrected chi connectivity index (χ0v) is 87.0. The molecule has 0 aromatic heterocycles. The van der Waals surface area contributed by atoms with Crippen LogP contribution in [0.25, 0.3) is 0 Å². The molecule has 2 unspecified atom stereocenters. The van der Waals surface area contributed by atoms with E-state index in [1.54, 1.807) is 60.7 Å². The molecular formula is C108H156N6O14S6. The highest BCUT2D eigenvalue weighted by Gasteiger charge is 2.36. The van der Waals surface area contributed by atoms with Crippen molar-refractivity contribution in [1.82, 2.24) is 29.4 Å². The molecule has 26 heteroatoms. The van der Waals surface area contributed by atoms with E-state index in [0.717, 1.165) is 197 Å². The number of β-amino-alcohol motifs (C(OH)–C–C–N with tert-alkyl or cyclic N) is 1. The first-order chi connectivity index (χ1) is 63.6. The van der Waals surface area contributed by atoms with Gasteiger partial charge in [0.25, 0.3) is 0 Å². The molecule has 6 aliphatic heterocycles. The van der Waals surface area contributed by atoms with Crippen molar-refractivity contribution >= 4 is 59.0 Å². The van der Waals surface area contributed by atoms with Gasteiger partial charge in [0.05, 0.1) is 46.8 Å². The number of hydrogen-bond acceptors (Lipinski definition) is 20. The van der Waals surface area contributed by atoms with Gasteiger partial charge in [-0.3, -0.25) is 0 Å². The number of aliphatic hydroxyl groups is 2. The minimum Gasteiger partial charge on any atom is -0.391 e. The van der Waals surface area contributed by atoms with Gasteiger partial charge in [0.15, 0.2) is 59.0 Å². The molecule has 738 valence electrons. The van der Waals surface area contributed by atoms with Crippen LogP contribution in [0.15, 0.2) is 223 Å². The topological polar surface area (TPSA) is 265 Å². The number of hydrogen-bond donors (Lipinski definition) is 2. The van der Waals surface area contributed by atoms with Gasteiger partial charge in [0, 0.05) is 69.3 Å². The lowest BCUT2D eigenvalue weighted by molar-refractivity contribution is -0.0259. The first-order valence-electron chi connectivity index (χ1n) is 49.3. The Bertz CT molecular complexity index is 5740. The molecule has 6 aliphatic rings. The maximum atomic E-state index is 13.0. The van der Waals surface area contributed by atoms with Crippen molar-refractivity contribution in [3.63, 3.8) is 0 Å². The summed E-state index contributed by atoms with van der Waals surface area (Å²) in [5.74, 6) is 3.20. The maximum absolute atomic E-state index is 13.0. The minimum atomic E-state index is -3.28. The van der Waals surface area contributed by atoms with E-state index < -0.39 is 70.7 Å². The highest BCUT2D eigenvalue weighted by Crippen LogP contribution is 2.39. The standard InChI is InChI=1S/C31H46N2O2S.C29H35NO4S2.C18H29NO2S.2C15H23NO3S/c1-3-18-33-21-16-28(17-22-33)29-11-7-10-26(24-29)9-5-4-6-23-36(34,35)31-13-8-12-30(25-31)27-14-19-32(2)20-15-27;1-22-7-4-9-25(19-22)29(26-10-6-12-28(21-26)36(3,33)34)15-18-30-16-13-23(14-17-30)24-8-5-11-27(20-24)35(2,31)32;1-4-6-15(2)14-19-11-9-16(10-12-19)17-7-5-8-18(13-17)22(3,20)21;1-3-9-16-10-7-15(17,8-11-16)13-5-4-6-14(12-13)20(2,18)19;1-3-8-16-9-7-14(15(17)11-16)12-5-4-6-13(10-12)20(2,18)19/h7-8,10-13,24-25,27-28H,3-6,9,14-23H2,1-2H3;4-12,19-21,23,29H,13-18H2,1-3H3;5,7-8,13,15-16H,4,6,9-12,14H2,1-3H3;4-6,12,17H,3,7-11H2,1-2H3;4-6,10,14-15,17H,3,7-9,11H2,1-2H3/t;;;;14-,15-/m....0/s1. The first kappa shape index (κ1) is 109.